The van der Waals surface area contributed by atoms with Gasteiger partial charge in [-0.2, -0.15) is 0 Å². The van der Waals surface area contributed by atoms with Gasteiger partial charge in [-0.05, 0) is 41.5 Å². The standard InChI is InChI=1S/C21H23NO3S/c1-15(2)18-11-7-8-16(3)21(18)22-19(23)14-25-20(24)12-13-26-17-9-5-4-6-10-17/h4-13,15H,14H2,1-3H3,(H,22,23)/b13-12+. The van der Waals surface area contributed by atoms with E-state index in [4.69, 9.17) is 4.74 Å². The normalized spacial score (nSPS) is 10.9. The lowest BCUT2D eigenvalue weighted by molar-refractivity contribution is -0.142. The first-order chi connectivity index (χ1) is 12.5. The lowest BCUT2D eigenvalue weighted by atomic mass is 9.98. The number of esters is 1. The molecule has 0 aromatic heterocycles. The Morgan fingerprint density at radius 2 is 1.85 bits per heavy atom. The summed E-state index contributed by atoms with van der Waals surface area (Å²) in [6.07, 6.45) is 1.32. The van der Waals surface area contributed by atoms with Gasteiger partial charge in [-0.1, -0.05) is 62.0 Å². The van der Waals surface area contributed by atoms with E-state index in [-0.39, 0.29) is 18.4 Å². The first-order valence-corrected chi connectivity index (χ1v) is 9.29. The molecule has 2 aromatic rings. The molecule has 5 heteroatoms. The van der Waals surface area contributed by atoms with Gasteiger partial charge >= 0.3 is 5.97 Å². The van der Waals surface area contributed by atoms with Crippen LogP contribution in [-0.4, -0.2) is 18.5 Å². The molecule has 0 aliphatic carbocycles. The van der Waals surface area contributed by atoms with Crippen LogP contribution in [0.4, 0.5) is 5.69 Å². The summed E-state index contributed by atoms with van der Waals surface area (Å²) in [5, 5.41) is 4.50. The van der Waals surface area contributed by atoms with Crippen LogP contribution in [0.5, 0.6) is 0 Å². The van der Waals surface area contributed by atoms with E-state index in [0.29, 0.717) is 0 Å². The van der Waals surface area contributed by atoms with Crippen LogP contribution in [-0.2, 0) is 14.3 Å². The molecule has 2 rings (SSSR count). The SMILES string of the molecule is Cc1cccc(C(C)C)c1NC(=O)COC(=O)/C=C/Sc1ccccc1. The Balaban J connectivity index is 1.84. The number of para-hydroxylation sites is 1. The molecule has 1 amide bonds. The summed E-state index contributed by atoms with van der Waals surface area (Å²) in [5.74, 6) is -0.609. The van der Waals surface area contributed by atoms with Gasteiger partial charge in [-0.15, -0.1) is 0 Å². The van der Waals surface area contributed by atoms with Crippen LogP contribution in [0.1, 0.15) is 30.9 Å². The Bertz CT molecular complexity index is 785. The molecule has 0 spiro atoms. The predicted octanol–water partition coefficient (Wildman–Crippen LogP) is 4.91. The molecule has 0 heterocycles. The van der Waals surface area contributed by atoms with Gasteiger partial charge in [0.2, 0.25) is 0 Å². The minimum Gasteiger partial charge on any atom is -0.452 e. The summed E-state index contributed by atoms with van der Waals surface area (Å²) < 4.78 is 5.00. The second kappa shape index (κ2) is 9.82. The van der Waals surface area contributed by atoms with E-state index < -0.39 is 5.97 Å². The maximum Gasteiger partial charge on any atom is 0.331 e. The van der Waals surface area contributed by atoms with Gasteiger partial charge in [0, 0.05) is 16.7 Å². The molecule has 0 fully saturated rings. The molecule has 0 unspecified atom stereocenters. The zero-order valence-corrected chi connectivity index (χ0v) is 16.0. The van der Waals surface area contributed by atoms with E-state index in [9.17, 15) is 9.59 Å². The monoisotopic (exact) mass is 369 g/mol. The number of carbonyl (C=O) groups excluding carboxylic acids is 2. The summed E-state index contributed by atoms with van der Waals surface area (Å²) in [6.45, 7) is 5.77. The maximum absolute atomic E-state index is 12.1. The van der Waals surface area contributed by atoms with Gasteiger partial charge in [0.05, 0.1) is 0 Å². The topological polar surface area (TPSA) is 55.4 Å². The third-order valence-corrected chi connectivity index (χ3v) is 4.50. The molecule has 0 bridgehead atoms. The molecule has 2 aromatic carbocycles. The Morgan fingerprint density at radius 1 is 1.12 bits per heavy atom. The molecule has 136 valence electrons. The molecule has 0 saturated carbocycles. The smallest absolute Gasteiger partial charge is 0.331 e. The molecule has 0 radical (unpaired) electrons. The molecule has 4 nitrogen and oxygen atoms in total. The fraction of sp³-hybridized carbons (Fsp3) is 0.238. The number of ether oxygens (including phenoxy) is 1. The molecule has 26 heavy (non-hydrogen) atoms. The first kappa shape index (κ1) is 19.8. The minimum atomic E-state index is -0.544. The van der Waals surface area contributed by atoms with Crippen LogP contribution >= 0.6 is 11.8 Å². The van der Waals surface area contributed by atoms with Crippen molar-refractivity contribution in [2.45, 2.75) is 31.6 Å². The number of hydrogen-bond acceptors (Lipinski definition) is 4. The van der Waals surface area contributed by atoms with Crippen molar-refractivity contribution in [1.82, 2.24) is 0 Å². The summed E-state index contributed by atoms with van der Waals surface area (Å²) in [7, 11) is 0. The second-order valence-corrected chi connectivity index (χ2v) is 7.06. The van der Waals surface area contributed by atoms with Gasteiger partial charge in [-0.3, -0.25) is 4.79 Å². The number of aryl methyl sites for hydroxylation is 1. The van der Waals surface area contributed by atoms with Crippen LogP contribution in [0.3, 0.4) is 0 Å². The summed E-state index contributed by atoms with van der Waals surface area (Å²) in [4.78, 5) is 24.9. The highest BCUT2D eigenvalue weighted by Gasteiger charge is 2.13. The van der Waals surface area contributed by atoms with Crippen LogP contribution in [0.25, 0.3) is 0 Å². The highest BCUT2D eigenvalue weighted by atomic mass is 32.2. The summed E-state index contributed by atoms with van der Waals surface area (Å²) >= 11 is 1.41. The average molecular weight is 369 g/mol. The first-order valence-electron chi connectivity index (χ1n) is 8.41. The van der Waals surface area contributed by atoms with Gasteiger partial charge in [-0.25, -0.2) is 4.79 Å². The molecule has 0 saturated heterocycles. The lowest BCUT2D eigenvalue weighted by Gasteiger charge is -2.16. The van der Waals surface area contributed by atoms with E-state index in [0.717, 1.165) is 21.7 Å². The quantitative estimate of drug-likeness (QED) is 0.428. The number of nitrogens with one attached hydrogen (secondary N) is 1. The Labute approximate surface area is 158 Å². The lowest BCUT2D eigenvalue weighted by Crippen LogP contribution is -2.21. The predicted molar refractivity (Wildman–Crippen MR) is 106 cm³/mol. The van der Waals surface area contributed by atoms with Crippen molar-refractivity contribution in [3.8, 4) is 0 Å². The number of amides is 1. The third-order valence-electron chi connectivity index (χ3n) is 3.69. The molecular formula is C21H23NO3S. The highest BCUT2D eigenvalue weighted by molar-refractivity contribution is 8.02. The largest absolute Gasteiger partial charge is 0.452 e. The number of benzene rings is 2. The Hall–Kier alpha value is -2.53. The van der Waals surface area contributed by atoms with Crippen LogP contribution < -0.4 is 5.32 Å². The number of rotatable bonds is 7. The van der Waals surface area contributed by atoms with Crippen LogP contribution in [0, 0.1) is 6.92 Å². The van der Waals surface area contributed by atoms with Crippen molar-refractivity contribution in [3.05, 3.63) is 71.1 Å². The zero-order chi connectivity index (χ0) is 18.9. The number of hydrogen-bond donors (Lipinski definition) is 1. The molecule has 0 aliphatic heterocycles. The second-order valence-electron chi connectivity index (χ2n) is 6.08. The van der Waals surface area contributed by atoms with E-state index in [1.807, 2.05) is 55.5 Å². The van der Waals surface area contributed by atoms with Crippen LogP contribution in [0.15, 0.2) is 64.9 Å². The van der Waals surface area contributed by atoms with E-state index >= 15 is 0 Å². The van der Waals surface area contributed by atoms with Crippen molar-refractivity contribution < 1.29 is 14.3 Å². The van der Waals surface area contributed by atoms with Gasteiger partial charge < -0.3 is 10.1 Å². The number of carbonyl (C=O) groups is 2. The maximum atomic E-state index is 12.1. The molecule has 1 N–H and O–H groups in total. The minimum absolute atomic E-state index is 0.283. The van der Waals surface area contributed by atoms with E-state index in [1.54, 1.807) is 5.41 Å². The van der Waals surface area contributed by atoms with E-state index in [2.05, 4.69) is 19.2 Å². The zero-order valence-electron chi connectivity index (χ0n) is 15.2. The third kappa shape index (κ3) is 6.08. The molecule has 0 aliphatic rings. The van der Waals surface area contributed by atoms with Gasteiger partial charge in [0.1, 0.15) is 0 Å². The fourth-order valence-electron chi connectivity index (χ4n) is 2.37. The van der Waals surface area contributed by atoms with Crippen LogP contribution in [0.2, 0.25) is 0 Å². The number of anilines is 1. The highest BCUT2D eigenvalue weighted by Crippen LogP contribution is 2.27. The Morgan fingerprint density at radius 3 is 2.54 bits per heavy atom. The Kier molecular flexibility index (Phi) is 7.48. The van der Waals surface area contributed by atoms with Gasteiger partial charge in [0.15, 0.2) is 6.61 Å². The van der Waals surface area contributed by atoms with Crippen molar-refractivity contribution in [3.63, 3.8) is 0 Å². The summed E-state index contributed by atoms with van der Waals surface area (Å²) in [6, 6.07) is 15.6. The van der Waals surface area contributed by atoms with Crippen molar-refractivity contribution in [2.75, 3.05) is 11.9 Å². The number of thioether (sulfide) groups is 1. The van der Waals surface area contributed by atoms with Crippen molar-refractivity contribution in [2.24, 2.45) is 0 Å². The molecular weight excluding hydrogens is 346 g/mol. The van der Waals surface area contributed by atoms with Gasteiger partial charge in [0.25, 0.3) is 5.91 Å². The fourth-order valence-corrected chi connectivity index (χ4v) is 3.02. The van der Waals surface area contributed by atoms with E-state index in [1.165, 1.54) is 17.8 Å². The van der Waals surface area contributed by atoms with Crippen molar-refractivity contribution in [1.29, 1.82) is 0 Å². The average Bonchev–Trinajstić information content (AvgIpc) is 2.62. The van der Waals surface area contributed by atoms with Crippen molar-refractivity contribution >= 4 is 29.3 Å². The summed E-state index contributed by atoms with van der Waals surface area (Å²) in [5.41, 5.74) is 2.83. The molecule has 0 atom stereocenters.